The third-order valence-electron chi connectivity index (χ3n) is 5.29. The number of hydrogen-bond donors (Lipinski definition) is 1. The molecule has 160 valence electrons. The van der Waals surface area contributed by atoms with Crippen molar-refractivity contribution in [2.45, 2.75) is 38.9 Å². The van der Waals surface area contributed by atoms with Crippen LogP contribution in [0.15, 0.2) is 77.2 Å². The lowest BCUT2D eigenvalue weighted by atomic mass is 10.2. The summed E-state index contributed by atoms with van der Waals surface area (Å²) in [4.78, 5) is 29.6. The number of aryl methyl sites for hydroxylation is 1. The lowest BCUT2D eigenvalue weighted by Gasteiger charge is -2.27. The van der Waals surface area contributed by atoms with Crippen LogP contribution < -0.4 is 5.32 Å². The highest BCUT2D eigenvalue weighted by molar-refractivity contribution is 5.92. The quantitative estimate of drug-likeness (QED) is 0.572. The van der Waals surface area contributed by atoms with Crippen molar-refractivity contribution < 1.29 is 14.0 Å². The van der Waals surface area contributed by atoms with E-state index in [9.17, 15) is 9.59 Å². The van der Waals surface area contributed by atoms with Crippen LogP contribution in [0.2, 0.25) is 0 Å². The number of carbonyl (C=O) groups excluding carboxylic acids is 2. The second-order valence-corrected chi connectivity index (χ2v) is 7.90. The maximum Gasteiger partial charge on any atom is 0.322 e. The molecule has 1 aromatic heterocycles. The van der Waals surface area contributed by atoms with Crippen LogP contribution in [0, 0.1) is 6.92 Å². The second-order valence-electron chi connectivity index (χ2n) is 7.90. The number of benzene rings is 2. The molecule has 4 rings (SSSR count). The molecule has 0 unspecified atom stereocenters. The van der Waals surface area contributed by atoms with E-state index in [1.165, 1.54) is 0 Å². The molecule has 1 fully saturated rings. The van der Waals surface area contributed by atoms with Gasteiger partial charge in [0.15, 0.2) is 0 Å². The Hall–Kier alpha value is -3.54. The fourth-order valence-corrected chi connectivity index (χ4v) is 3.51. The summed E-state index contributed by atoms with van der Waals surface area (Å²) in [6.07, 6.45) is 1.84. The second kappa shape index (κ2) is 9.51. The van der Waals surface area contributed by atoms with Crippen molar-refractivity contribution in [3.05, 3.63) is 89.9 Å². The predicted octanol–water partition coefficient (Wildman–Crippen LogP) is 4.81. The van der Waals surface area contributed by atoms with Gasteiger partial charge in [-0.05, 0) is 49.6 Å². The van der Waals surface area contributed by atoms with Crippen LogP contribution in [-0.2, 0) is 17.9 Å². The van der Waals surface area contributed by atoms with E-state index < -0.39 is 0 Å². The molecule has 1 aliphatic carbocycles. The molecule has 31 heavy (non-hydrogen) atoms. The molecular formula is C25H27N3O3. The molecule has 2 aromatic carbocycles. The molecule has 3 amide bonds. The average Bonchev–Trinajstić information content (AvgIpc) is 3.54. The number of nitrogens with one attached hydrogen (secondary N) is 1. The molecule has 1 saturated carbocycles. The number of para-hydroxylation sites is 1. The maximum absolute atomic E-state index is 13.3. The van der Waals surface area contributed by atoms with Crippen LogP contribution in [0.25, 0.3) is 0 Å². The summed E-state index contributed by atoms with van der Waals surface area (Å²) in [6.45, 7) is 2.74. The summed E-state index contributed by atoms with van der Waals surface area (Å²) >= 11 is 0. The zero-order valence-corrected chi connectivity index (χ0v) is 17.7. The lowest BCUT2D eigenvalue weighted by Crippen LogP contribution is -2.45. The van der Waals surface area contributed by atoms with Gasteiger partial charge in [-0.3, -0.25) is 4.79 Å². The van der Waals surface area contributed by atoms with E-state index in [0.717, 1.165) is 35.6 Å². The average molecular weight is 418 g/mol. The Kier molecular flexibility index (Phi) is 6.36. The highest BCUT2D eigenvalue weighted by Gasteiger charge is 2.35. The number of carbonyl (C=O) groups is 2. The predicted molar refractivity (Wildman–Crippen MR) is 119 cm³/mol. The van der Waals surface area contributed by atoms with Gasteiger partial charge in [0.05, 0.1) is 6.54 Å². The zero-order chi connectivity index (χ0) is 21.6. The van der Waals surface area contributed by atoms with Gasteiger partial charge in [-0.2, -0.15) is 0 Å². The van der Waals surface area contributed by atoms with E-state index in [0.29, 0.717) is 13.1 Å². The minimum atomic E-state index is -0.240. The molecular weight excluding hydrogens is 390 g/mol. The highest BCUT2D eigenvalue weighted by Crippen LogP contribution is 2.28. The van der Waals surface area contributed by atoms with Gasteiger partial charge in [0.1, 0.15) is 18.1 Å². The van der Waals surface area contributed by atoms with Crippen LogP contribution >= 0.6 is 0 Å². The summed E-state index contributed by atoms with van der Waals surface area (Å²) in [7, 11) is 0. The molecule has 1 aliphatic rings. The van der Waals surface area contributed by atoms with Crippen LogP contribution in [-0.4, -0.2) is 34.3 Å². The lowest BCUT2D eigenvalue weighted by molar-refractivity contribution is -0.133. The van der Waals surface area contributed by atoms with E-state index in [1.807, 2.05) is 79.7 Å². The Morgan fingerprint density at radius 1 is 0.935 bits per heavy atom. The van der Waals surface area contributed by atoms with E-state index >= 15 is 0 Å². The van der Waals surface area contributed by atoms with Crippen molar-refractivity contribution in [2.75, 3.05) is 11.9 Å². The molecule has 1 N–H and O–H groups in total. The molecule has 0 saturated heterocycles. The Balaban J connectivity index is 1.48. The number of hydrogen-bond acceptors (Lipinski definition) is 3. The van der Waals surface area contributed by atoms with Crippen LogP contribution in [0.3, 0.4) is 0 Å². The van der Waals surface area contributed by atoms with Gasteiger partial charge < -0.3 is 19.5 Å². The SMILES string of the molecule is Cc1ccc(CN(Cc2ccccc2)C(=O)CN(C(=O)Nc2ccccc2)C2CC2)o1. The van der Waals surface area contributed by atoms with E-state index in [1.54, 1.807) is 9.80 Å². The molecule has 3 aromatic rings. The fourth-order valence-electron chi connectivity index (χ4n) is 3.51. The topological polar surface area (TPSA) is 65.8 Å². The minimum Gasteiger partial charge on any atom is -0.464 e. The van der Waals surface area contributed by atoms with Crippen LogP contribution in [0.1, 0.15) is 29.9 Å². The zero-order valence-electron chi connectivity index (χ0n) is 17.7. The normalized spacial score (nSPS) is 12.9. The fraction of sp³-hybridized carbons (Fsp3) is 0.280. The molecule has 0 spiro atoms. The Labute approximate surface area is 182 Å². The van der Waals surface area contributed by atoms with Gasteiger partial charge in [-0.15, -0.1) is 0 Å². The van der Waals surface area contributed by atoms with Crippen LogP contribution in [0.4, 0.5) is 10.5 Å². The molecule has 6 heteroatoms. The molecule has 0 atom stereocenters. The van der Waals surface area contributed by atoms with Crippen molar-refractivity contribution in [3.8, 4) is 0 Å². The number of rotatable bonds is 8. The molecule has 0 bridgehead atoms. The minimum absolute atomic E-state index is 0.0376. The molecule has 6 nitrogen and oxygen atoms in total. The highest BCUT2D eigenvalue weighted by atomic mass is 16.3. The van der Waals surface area contributed by atoms with Crippen molar-refractivity contribution >= 4 is 17.6 Å². The van der Waals surface area contributed by atoms with Crippen LogP contribution in [0.5, 0.6) is 0 Å². The number of furan rings is 1. The van der Waals surface area contributed by atoms with Crippen molar-refractivity contribution in [1.29, 1.82) is 0 Å². The first-order chi connectivity index (χ1) is 15.1. The maximum atomic E-state index is 13.3. The summed E-state index contributed by atoms with van der Waals surface area (Å²) in [6, 6.07) is 22.8. The Morgan fingerprint density at radius 3 is 2.23 bits per heavy atom. The Morgan fingerprint density at radius 2 is 1.61 bits per heavy atom. The number of anilines is 1. The monoisotopic (exact) mass is 417 g/mol. The van der Waals surface area contributed by atoms with Gasteiger partial charge in [0.25, 0.3) is 0 Å². The summed E-state index contributed by atoms with van der Waals surface area (Å²) in [5, 5.41) is 2.91. The van der Waals surface area contributed by atoms with Crippen molar-refractivity contribution in [1.82, 2.24) is 9.80 Å². The Bertz CT molecular complexity index is 1010. The van der Waals surface area contributed by atoms with Gasteiger partial charge in [-0.1, -0.05) is 48.5 Å². The first-order valence-electron chi connectivity index (χ1n) is 10.6. The van der Waals surface area contributed by atoms with Gasteiger partial charge in [0.2, 0.25) is 5.91 Å². The van der Waals surface area contributed by atoms with Crippen molar-refractivity contribution in [3.63, 3.8) is 0 Å². The third kappa shape index (κ3) is 5.75. The number of urea groups is 1. The largest absolute Gasteiger partial charge is 0.464 e. The molecule has 0 aliphatic heterocycles. The summed E-state index contributed by atoms with van der Waals surface area (Å²) < 4.78 is 5.71. The smallest absolute Gasteiger partial charge is 0.322 e. The molecule has 1 heterocycles. The van der Waals surface area contributed by atoms with E-state index in [-0.39, 0.29) is 24.5 Å². The van der Waals surface area contributed by atoms with Crippen molar-refractivity contribution in [2.24, 2.45) is 0 Å². The number of nitrogens with zero attached hydrogens (tertiary/aromatic N) is 2. The summed E-state index contributed by atoms with van der Waals surface area (Å²) in [5.74, 6) is 1.44. The van der Waals surface area contributed by atoms with E-state index in [2.05, 4.69) is 5.32 Å². The first kappa shape index (κ1) is 20.7. The summed E-state index contributed by atoms with van der Waals surface area (Å²) in [5.41, 5.74) is 1.75. The number of amides is 3. The van der Waals surface area contributed by atoms with E-state index in [4.69, 9.17) is 4.42 Å². The first-order valence-corrected chi connectivity index (χ1v) is 10.6. The standard InChI is InChI=1S/C25H27N3O3/c1-19-12-15-23(31-19)17-27(16-20-8-4-2-5-9-20)24(29)18-28(22-13-14-22)25(30)26-21-10-6-3-7-11-21/h2-12,15,22H,13-14,16-18H2,1H3,(H,26,30). The van der Waals surface area contributed by atoms with Gasteiger partial charge >= 0.3 is 6.03 Å². The van der Waals surface area contributed by atoms with Gasteiger partial charge in [0, 0.05) is 18.3 Å². The molecule has 0 radical (unpaired) electrons. The third-order valence-corrected chi connectivity index (χ3v) is 5.29. The van der Waals surface area contributed by atoms with Gasteiger partial charge in [-0.25, -0.2) is 4.79 Å².